The molecule has 0 amide bonds. The molecule has 0 radical (unpaired) electrons. The van der Waals surface area contributed by atoms with Gasteiger partial charge in [0.25, 0.3) is 0 Å². The van der Waals surface area contributed by atoms with Crippen LogP contribution >= 0.6 is 0 Å². The Morgan fingerprint density at radius 3 is 2.53 bits per heavy atom. The molecule has 0 atom stereocenters. The standard InChI is InChI=1S/C23H34N6O/c1-5-24-23(28(3)18-19-6-8-21(30-4)9-7-19)26-17-20-10-11-25-22(16-20)29-14-12-27(2)13-15-29/h6-11,16H,5,12-15,17-18H2,1-4H3,(H,24,26). The van der Waals surface area contributed by atoms with E-state index in [0.29, 0.717) is 6.54 Å². The minimum atomic E-state index is 0.624. The Balaban J connectivity index is 1.65. The van der Waals surface area contributed by atoms with Gasteiger partial charge in [0.15, 0.2) is 5.96 Å². The molecule has 1 aliphatic rings. The second-order valence-corrected chi connectivity index (χ2v) is 7.69. The summed E-state index contributed by atoms with van der Waals surface area (Å²) in [7, 11) is 5.92. The molecule has 162 valence electrons. The second kappa shape index (κ2) is 10.8. The Morgan fingerprint density at radius 2 is 1.87 bits per heavy atom. The molecule has 0 unspecified atom stereocenters. The number of aromatic nitrogens is 1. The molecule has 0 aliphatic carbocycles. The van der Waals surface area contributed by atoms with Gasteiger partial charge in [-0.25, -0.2) is 9.98 Å². The van der Waals surface area contributed by atoms with Crippen LogP contribution in [0.4, 0.5) is 5.82 Å². The highest BCUT2D eigenvalue weighted by Gasteiger charge is 2.15. The fourth-order valence-electron chi connectivity index (χ4n) is 3.48. The predicted molar refractivity (Wildman–Crippen MR) is 123 cm³/mol. The first-order chi connectivity index (χ1) is 14.6. The lowest BCUT2D eigenvalue weighted by atomic mass is 10.2. The van der Waals surface area contributed by atoms with E-state index < -0.39 is 0 Å². The number of methoxy groups -OCH3 is 1. The third kappa shape index (κ3) is 6.10. The van der Waals surface area contributed by atoms with Gasteiger partial charge in [0.05, 0.1) is 13.7 Å². The van der Waals surface area contributed by atoms with Crippen LogP contribution in [0.5, 0.6) is 5.75 Å². The highest BCUT2D eigenvalue weighted by atomic mass is 16.5. The molecule has 1 aliphatic heterocycles. The van der Waals surface area contributed by atoms with Gasteiger partial charge in [-0.2, -0.15) is 0 Å². The number of rotatable bonds is 7. The van der Waals surface area contributed by atoms with Crippen molar-refractivity contribution in [1.82, 2.24) is 20.1 Å². The largest absolute Gasteiger partial charge is 0.497 e. The average Bonchev–Trinajstić information content (AvgIpc) is 2.78. The van der Waals surface area contributed by atoms with Crippen LogP contribution in [0.2, 0.25) is 0 Å². The lowest BCUT2D eigenvalue weighted by Gasteiger charge is -2.33. The van der Waals surface area contributed by atoms with Gasteiger partial charge >= 0.3 is 0 Å². The molecule has 2 aromatic rings. The van der Waals surface area contributed by atoms with Crippen molar-refractivity contribution in [3.05, 3.63) is 53.7 Å². The third-order valence-corrected chi connectivity index (χ3v) is 5.32. The number of aliphatic imine (C=N–C) groups is 1. The summed E-state index contributed by atoms with van der Waals surface area (Å²) in [5, 5.41) is 3.40. The van der Waals surface area contributed by atoms with Gasteiger partial charge in [0, 0.05) is 52.5 Å². The smallest absolute Gasteiger partial charge is 0.194 e. The number of guanidine groups is 1. The number of nitrogens with zero attached hydrogens (tertiary/aromatic N) is 5. The van der Waals surface area contributed by atoms with Crippen LogP contribution in [-0.2, 0) is 13.1 Å². The average molecular weight is 411 g/mol. The summed E-state index contributed by atoms with van der Waals surface area (Å²) in [5.41, 5.74) is 2.39. The molecule has 1 aromatic carbocycles. The Bertz CT molecular complexity index is 815. The number of piperazine rings is 1. The van der Waals surface area contributed by atoms with E-state index in [1.54, 1.807) is 7.11 Å². The fraction of sp³-hybridized carbons (Fsp3) is 0.478. The minimum Gasteiger partial charge on any atom is -0.497 e. The third-order valence-electron chi connectivity index (χ3n) is 5.32. The van der Waals surface area contributed by atoms with Crippen molar-refractivity contribution in [2.45, 2.75) is 20.0 Å². The maximum atomic E-state index is 5.25. The van der Waals surface area contributed by atoms with Crippen LogP contribution in [0, 0.1) is 0 Å². The van der Waals surface area contributed by atoms with Crippen molar-refractivity contribution in [1.29, 1.82) is 0 Å². The van der Waals surface area contributed by atoms with Crippen LogP contribution in [0.3, 0.4) is 0 Å². The van der Waals surface area contributed by atoms with Crippen molar-refractivity contribution in [3.8, 4) is 5.75 Å². The van der Waals surface area contributed by atoms with Crippen molar-refractivity contribution in [3.63, 3.8) is 0 Å². The number of hydrogen-bond acceptors (Lipinski definition) is 5. The highest BCUT2D eigenvalue weighted by Crippen LogP contribution is 2.16. The van der Waals surface area contributed by atoms with Gasteiger partial charge in [-0.1, -0.05) is 12.1 Å². The number of benzene rings is 1. The zero-order valence-corrected chi connectivity index (χ0v) is 18.6. The first-order valence-electron chi connectivity index (χ1n) is 10.6. The second-order valence-electron chi connectivity index (χ2n) is 7.69. The maximum absolute atomic E-state index is 5.25. The molecule has 1 saturated heterocycles. The first-order valence-corrected chi connectivity index (χ1v) is 10.6. The zero-order chi connectivity index (χ0) is 21.3. The summed E-state index contributed by atoms with van der Waals surface area (Å²) in [6, 6.07) is 12.4. The predicted octanol–water partition coefficient (Wildman–Crippen LogP) is 2.44. The summed E-state index contributed by atoms with van der Waals surface area (Å²) in [5.74, 6) is 2.81. The lowest BCUT2D eigenvalue weighted by molar-refractivity contribution is 0.312. The number of hydrogen-bond donors (Lipinski definition) is 1. The van der Waals surface area contributed by atoms with Crippen molar-refractivity contribution < 1.29 is 4.74 Å². The van der Waals surface area contributed by atoms with Gasteiger partial charge in [-0.05, 0) is 49.4 Å². The molecule has 1 aromatic heterocycles. The van der Waals surface area contributed by atoms with Crippen LogP contribution in [0.15, 0.2) is 47.6 Å². The monoisotopic (exact) mass is 410 g/mol. The molecule has 0 saturated carbocycles. The number of anilines is 1. The van der Waals surface area contributed by atoms with Gasteiger partial charge in [-0.15, -0.1) is 0 Å². The topological polar surface area (TPSA) is 56.2 Å². The van der Waals surface area contributed by atoms with E-state index in [0.717, 1.165) is 56.8 Å². The normalized spacial score (nSPS) is 15.2. The minimum absolute atomic E-state index is 0.624. The summed E-state index contributed by atoms with van der Waals surface area (Å²) < 4.78 is 5.25. The van der Waals surface area contributed by atoms with Crippen LogP contribution in [-0.4, -0.2) is 74.7 Å². The fourth-order valence-corrected chi connectivity index (χ4v) is 3.48. The number of ether oxygens (including phenoxy) is 1. The van der Waals surface area contributed by atoms with Gasteiger partial charge in [-0.3, -0.25) is 0 Å². The number of likely N-dealkylation sites (N-methyl/N-ethyl adjacent to an activating group) is 1. The molecule has 7 heteroatoms. The summed E-state index contributed by atoms with van der Waals surface area (Å²) >= 11 is 0. The molecular formula is C23H34N6O. The van der Waals surface area contributed by atoms with E-state index in [4.69, 9.17) is 9.73 Å². The van der Waals surface area contributed by atoms with Crippen molar-refractivity contribution in [2.24, 2.45) is 4.99 Å². The molecule has 7 nitrogen and oxygen atoms in total. The van der Waals surface area contributed by atoms with E-state index in [1.807, 2.05) is 18.3 Å². The van der Waals surface area contributed by atoms with Crippen molar-refractivity contribution in [2.75, 3.05) is 58.8 Å². The van der Waals surface area contributed by atoms with Gasteiger partial charge < -0.3 is 24.8 Å². The van der Waals surface area contributed by atoms with E-state index in [-0.39, 0.29) is 0 Å². The Labute approximate surface area is 180 Å². The number of nitrogens with one attached hydrogen (secondary N) is 1. The highest BCUT2D eigenvalue weighted by molar-refractivity contribution is 5.79. The lowest BCUT2D eigenvalue weighted by Crippen LogP contribution is -2.44. The van der Waals surface area contributed by atoms with Crippen molar-refractivity contribution >= 4 is 11.8 Å². The Morgan fingerprint density at radius 1 is 1.13 bits per heavy atom. The summed E-state index contributed by atoms with van der Waals surface area (Å²) in [6.45, 7) is 8.50. The van der Waals surface area contributed by atoms with Crippen LogP contribution < -0.4 is 15.0 Å². The molecular weight excluding hydrogens is 376 g/mol. The quantitative estimate of drug-likeness (QED) is 0.559. The van der Waals surface area contributed by atoms with E-state index >= 15 is 0 Å². The zero-order valence-electron chi connectivity index (χ0n) is 18.6. The summed E-state index contributed by atoms with van der Waals surface area (Å²) in [6.07, 6.45) is 1.90. The van der Waals surface area contributed by atoms with E-state index in [2.05, 4.69) is 70.3 Å². The van der Waals surface area contributed by atoms with Crippen LogP contribution in [0.25, 0.3) is 0 Å². The van der Waals surface area contributed by atoms with E-state index in [1.165, 1.54) is 11.1 Å². The molecule has 1 N–H and O–H groups in total. The van der Waals surface area contributed by atoms with Crippen LogP contribution in [0.1, 0.15) is 18.1 Å². The first kappa shape index (κ1) is 21.9. The van der Waals surface area contributed by atoms with Gasteiger partial charge in [0.2, 0.25) is 0 Å². The number of pyridine rings is 1. The molecule has 30 heavy (non-hydrogen) atoms. The molecule has 0 spiro atoms. The molecule has 1 fully saturated rings. The molecule has 0 bridgehead atoms. The maximum Gasteiger partial charge on any atom is 0.194 e. The van der Waals surface area contributed by atoms with E-state index in [9.17, 15) is 0 Å². The Kier molecular flexibility index (Phi) is 7.90. The SMILES string of the molecule is CCNC(=NCc1ccnc(N2CCN(C)CC2)c1)N(C)Cc1ccc(OC)cc1. The molecule has 2 heterocycles. The molecule has 3 rings (SSSR count). The summed E-state index contributed by atoms with van der Waals surface area (Å²) in [4.78, 5) is 16.3. The van der Waals surface area contributed by atoms with Gasteiger partial charge in [0.1, 0.15) is 11.6 Å². The Hall–Kier alpha value is -2.80.